The smallest absolute Gasteiger partial charge is 0.339 e. The lowest BCUT2D eigenvalue weighted by molar-refractivity contribution is -0.160. The van der Waals surface area contributed by atoms with E-state index in [1.54, 1.807) is 0 Å². The van der Waals surface area contributed by atoms with Gasteiger partial charge in [-0.15, -0.1) is 0 Å². The highest BCUT2D eigenvalue weighted by Crippen LogP contribution is 2.48. The van der Waals surface area contributed by atoms with E-state index in [4.69, 9.17) is 9.47 Å². The first-order chi connectivity index (χ1) is 21.5. The molecule has 2 saturated heterocycles. The van der Waals surface area contributed by atoms with Crippen LogP contribution in [0.4, 0.5) is 0 Å². The second kappa shape index (κ2) is 12.2. The maximum absolute atomic E-state index is 13.6. The molecule has 2 heterocycles. The van der Waals surface area contributed by atoms with E-state index in [-0.39, 0.29) is 52.2 Å². The second-order valence-corrected chi connectivity index (χ2v) is 18.0. The predicted molar refractivity (Wildman–Crippen MR) is 185 cm³/mol. The van der Waals surface area contributed by atoms with Crippen molar-refractivity contribution in [3.63, 3.8) is 0 Å². The van der Waals surface area contributed by atoms with Crippen molar-refractivity contribution in [1.82, 2.24) is 10.6 Å². The molecule has 0 amide bonds. The summed E-state index contributed by atoms with van der Waals surface area (Å²) in [7, 11) is 0. The third kappa shape index (κ3) is 7.65. The van der Waals surface area contributed by atoms with Crippen LogP contribution in [-0.4, -0.2) is 46.3 Å². The summed E-state index contributed by atoms with van der Waals surface area (Å²) in [6.45, 7) is 17.6. The molecule has 2 aromatic carbocycles. The van der Waals surface area contributed by atoms with E-state index in [9.17, 15) is 9.59 Å². The van der Waals surface area contributed by atoms with Crippen molar-refractivity contribution < 1.29 is 19.1 Å². The number of piperidine rings is 2. The van der Waals surface area contributed by atoms with Crippen molar-refractivity contribution in [3.05, 3.63) is 47.5 Å². The number of ether oxygens (including phenoxy) is 2. The van der Waals surface area contributed by atoms with Gasteiger partial charge in [0, 0.05) is 47.8 Å². The Hall–Kier alpha value is -2.44. The summed E-state index contributed by atoms with van der Waals surface area (Å²) in [6, 6.07) is 12.7. The van der Waals surface area contributed by atoms with Crippen LogP contribution in [0.5, 0.6) is 0 Å². The summed E-state index contributed by atoms with van der Waals surface area (Å²) in [5.74, 6) is 1.55. The Morgan fingerprint density at radius 1 is 0.674 bits per heavy atom. The van der Waals surface area contributed by atoms with Gasteiger partial charge in [0.05, 0.1) is 11.5 Å². The number of benzene rings is 2. The molecule has 0 bridgehead atoms. The number of fused-ring (bicyclic) bond motifs is 2. The molecule has 0 aromatic heterocycles. The number of carbonyl (C=O) groups is 2. The number of nitrogens with one attached hydrogen (secondary N) is 2. The molecule has 6 heteroatoms. The fraction of sp³-hybridized carbons (Fsp3) is 0.700. The third-order valence-corrected chi connectivity index (χ3v) is 11.4. The van der Waals surface area contributed by atoms with Crippen molar-refractivity contribution >= 4 is 22.7 Å². The number of esters is 2. The fourth-order valence-electron chi connectivity index (χ4n) is 10.2. The third-order valence-electron chi connectivity index (χ3n) is 11.4. The van der Waals surface area contributed by atoms with Gasteiger partial charge in [0.25, 0.3) is 0 Å². The van der Waals surface area contributed by atoms with Gasteiger partial charge in [0.2, 0.25) is 0 Å². The molecule has 4 unspecified atom stereocenters. The summed E-state index contributed by atoms with van der Waals surface area (Å²) >= 11 is 0. The Morgan fingerprint density at radius 2 is 1.24 bits per heavy atom. The van der Waals surface area contributed by atoms with Gasteiger partial charge in [0.15, 0.2) is 0 Å². The monoisotopic (exact) mass is 630 g/mol. The maximum atomic E-state index is 13.6. The maximum Gasteiger partial charge on any atom is 0.339 e. The fourth-order valence-corrected chi connectivity index (χ4v) is 10.2. The van der Waals surface area contributed by atoms with Crippen LogP contribution >= 0.6 is 0 Å². The molecule has 6 rings (SSSR count). The first kappa shape index (κ1) is 33.5. The summed E-state index contributed by atoms with van der Waals surface area (Å²) < 4.78 is 12.4. The average Bonchev–Trinajstić information content (AvgIpc) is 2.92. The van der Waals surface area contributed by atoms with Gasteiger partial charge in [-0.05, 0) is 134 Å². The second-order valence-electron chi connectivity index (χ2n) is 18.0. The van der Waals surface area contributed by atoms with E-state index in [1.165, 1.54) is 5.56 Å². The molecule has 252 valence electrons. The van der Waals surface area contributed by atoms with E-state index in [0.29, 0.717) is 23.3 Å². The van der Waals surface area contributed by atoms with Crippen LogP contribution in [0.25, 0.3) is 10.8 Å². The topological polar surface area (TPSA) is 76.7 Å². The van der Waals surface area contributed by atoms with Crippen molar-refractivity contribution in [3.8, 4) is 0 Å². The van der Waals surface area contributed by atoms with Crippen LogP contribution in [0.3, 0.4) is 0 Å². The molecular weight excluding hydrogens is 572 g/mol. The molecular formula is C40H58N2O4. The van der Waals surface area contributed by atoms with Crippen LogP contribution in [0.15, 0.2) is 36.4 Å². The molecule has 4 aliphatic rings. The van der Waals surface area contributed by atoms with E-state index in [2.05, 4.69) is 90.3 Å². The van der Waals surface area contributed by atoms with Crippen LogP contribution in [-0.2, 0) is 14.3 Å². The molecule has 46 heavy (non-hydrogen) atoms. The molecule has 0 radical (unpaired) electrons. The standard InChI is InChI=1S/C40H58N2O4/c1-37(2)21-31(22-38(3,4)41-37)45-35(43)30-17-16-26-18-27(14-15-28(26)19-30)29-13-12-25-10-9-11-33(34(25)20-29)36(44)46-32-23-39(5,6)42-40(7,8)24-32/h9-13,20,26-28,30-32,41-42H,14-19,21-24H2,1-8H3. The number of carbonyl (C=O) groups excluding carboxylic acids is 2. The summed E-state index contributed by atoms with van der Waals surface area (Å²) in [5.41, 5.74) is 1.76. The van der Waals surface area contributed by atoms with Crippen LogP contribution in [0, 0.1) is 17.8 Å². The lowest BCUT2D eigenvalue weighted by Gasteiger charge is -2.46. The predicted octanol–water partition coefficient (Wildman–Crippen LogP) is 8.46. The largest absolute Gasteiger partial charge is 0.462 e. The lowest BCUT2D eigenvalue weighted by Crippen LogP contribution is -2.59. The highest BCUT2D eigenvalue weighted by atomic mass is 16.5. The summed E-state index contributed by atoms with van der Waals surface area (Å²) in [6.07, 6.45) is 9.62. The van der Waals surface area contributed by atoms with E-state index in [1.807, 2.05) is 12.1 Å². The summed E-state index contributed by atoms with van der Waals surface area (Å²) in [4.78, 5) is 27.0. The SMILES string of the molecule is CC1(C)CC(OC(=O)c2cccc3ccc(C4CCC5CC(C(=O)OC6CC(C)(C)NC(C)(C)C6)CCC5C4)cc23)CC(C)(C)N1. The van der Waals surface area contributed by atoms with E-state index >= 15 is 0 Å². The molecule has 2 aliphatic heterocycles. The number of rotatable bonds is 5. The number of hydrogen-bond donors (Lipinski definition) is 2. The van der Waals surface area contributed by atoms with Gasteiger partial charge in [-0.25, -0.2) is 4.79 Å². The Kier molecular flexibility index (Phi) is 8.89. The first-order valence-electron chi connectivity index (χ1n) is 18.0. The highest BCUT2D eigenvalue weighted by Gasteiger charge is 2.43. The Balaban J connectivity index is 1.09. The van der Waals surface area contributed by atoms with E-state index < -0.39 is 0 Å². The Bertz CT molecular complexity index is 1430. The van der Waals surface area contributed by atoms with Crippen molar-refractivity contribution in [1.29, 1.82) is 0 Å². The first-order valence-corrected chi connectivity index (χ1v) is 18.0. The molecule has 4 fully saturated rings. The Labute approximate surface area is 277 Å². The normalized spacial score (nSPS) is 30.7. The number of hydrogen-bond acceptors (Lipinski definition) is 6. The zero-order valence-corrected chi connectivity index (χ0v) is 29.6. The molecule has 2 aromatic rings. The average molecular weight is 631 g/mol. The van der Waals surface area contributed by atoms with Gasteiger partial charge in [-0.1, -0.05) is 30.3 Å². The van der Waals surface area contributed by atoms with Crippen molar-refractivity contribution in [2.75, 3.05) is 0 Å². The Morgan fingerprint density at radius 3 is 1.87 bits per heavy atom. The molecule has 2 N–H and O–H groups in total. The lowest BCUT2D eigenvalue weighted by atomic mass is 9.64. The van der Waals surface area contributed by atoms with Gasteiger partial charge in [-0.2, -0.15) is 0 Å². The molecule has 4 atom stereocenters. The van der Waals surface area contributed by atoms with Crippen LogP contribution < -0.4 is 10.6 Å². The van der Waals surface area contributed by atoms with Gasteiger partial charge in [0.1, 0.15) is 12.2 Å². The van der Waals surface area contributed by atoms with Gasteiger partial charge < -0.3 is 20.1 Å². The molecule has 2 saturated carbocycles. The summed E-state index contributed by atoms with van der Waals surface area (Å²) in [5, 5.41) is 9.45. The van der Waals surface area contributed by atoms with E-state index in [0.717, 1.165) is 75.0 Å². The zero-order chi connectivity index (χ0) is 33.1. The minimum Gasteiger partial charge on any atom is -0.462 e. The zero-order valence-electron chi connectivity index (χ0n) is 29.6. The van der Waals surface area contributed by atoms with Gasteiger partial charge >= 0.3 is 11.9 Å². The molecule has 6 nitrogen and oxygen atoms in total. The molecule has 0 spiro atoms. The van der Waals surface area contributed by atoms with Crippen molar-refractivity contribution in [2.24, 2.45) is 17.8 Å². The van der Waals surface area contributed by atoms with Crippen LogP contribution in [0.1, 0.15) is 141 Å². The minimum absolute atomic E-state index is 0.0133. The van der Waals surface area contributed by atoms with Crippen molar-refractivity contribution in [2.45, 2.75) is 160 Å². The minimum atomic E-state index is -0.216. The quantitative estimate of drug-likeness (QED) is 0.323. The van der Waals surface area contributed by atoms with Gasteiger partial charge in [-0.3, -0.25) is 4.79 Å². The van der Waals surface area contributed by atoms with Crippen LogP contribution in [0.2, 0.25) is 0 Å². The molecule has 2 aliphatic carbocycles. The highest BCUT2D eigenvalue weighted by molar-refractivity contribution is 6.04.